The smallest absolute Gasteiger partial charge is 1.00 e. The van der Waals surface area contributed by atoms with Gasteiger partial charge in [-0.1, -0.05) is 0 Å². The van der Waals surface area contributed by atoms with Crippen LogP contribution in [0.15, 0.2) is 22.1 Å². The van der Waals surface area contributed by atoms with E-state index in [4.69, 9.17) is 8.85 Å². The van der Waals surface area contributed by atoms with Crippen LogP contribution in [0.3, 0.4) is 0 Å². The summed E-state index contributed by atoms with van der Waals surface area (Å²) in [4.78, 5) is 0. The van der Waals surface area contributed by atoms with Crippen LogP contribution in [-0.4, -0.2) is 20.6 Å². The molecule has 0 spiro atoms. The summed E-state index contributed by atoms with van der Waals surface area (Å²) in [6.07, 6.45) is 5.90. The fraction of sp³-hybridized carbons (Fsp3) is 0.500. The van der Waals surface area contributed by atoms with Gasteiger partial charge in [-0.3, -0.25) is 0 Å². The van der Waals surface area contributed by atoms with E-state index in [9.17, 15) is 0 Å². The zero-order valence-electron chi connectivity index (χ0n) is 8.89. The molecule has 1 aliphatic carbocycles. The van der Waals surface area contributed by atoms with Crippen molar-refractivity contribution in [3.63, 3.8) is 0 Å². The van der Waals surface area contributed by atoms with Crippen LogP contribution in [-0.2, 0) is 27.3 Å². The standard InChI is InChI=1S/C5H5.C3H9O2Si.3ClH.Ti/c1-2-4-5-3-1;1-4-6(3)5-2;;;;/h1-3H,4H2;1-3H3;3*1H;/q;;;;;+3/p-3. The Labute approximate surface area is 119 Å². The third-order valence-corrected chi connectivity index (χ3v) is 10.4. The van der Waals surface area contributed by atoms with Crippen LogP contribution in [0.2, 0.25) is 6.55 Å². The van der Waals surface area contributed by atoms with Gasteiger partial charge in [0.1, 0.15) is 0 Å². The molecule has 0 heterocycles. The molecule has 0 aliphatic heterocycles. The molecule has 15 heavy (non-hydrogen) atoms. The number of rotatable bonds is 4. The Kier molecular flexibility index (Phi) is 14.8. The molecule has 0 bridgehead atoms. The van der Waals surface area contributed by atoms with E-state index >= 15 is 0 Å². The average molecular weight is 325 g/mol. The summed E-state index contributed by atoms with van der Waals surface area (Å²) < 4.78 is 12.5. The van der Waals surface area contributed by atoms with E-state index in [1.165, 1.54) is 0 Å². The third-order valence-electron chi connectivity index (χ3n) is 1.94. The predicted octanol–water partition coefficient (Wildman–Crippen LogP) is -7.21. The maximum absolute atomic E-state index is 5.45. The first kappa shape index (κ1) is 21.5. The van der Waals surface area contributed by atoms with E-state index in [-0.39, 0.29) is 55.6 Å². The van der Waals surface area contributed by atoms with E-state index in [0.29, 0.717) is 0 Å². The molecule has 0 radical (unpaired) electrons. The predicted molar refractivity (Wildman–Crippen MR) is 47.5 cm³/mol. The van der Waals surface area contributed by atoms with Gasteiger partial charge in [0.05, 0.1) is 0 Å². The van der Waals surface area contributed by atoms with Crippen molar-refractivity contribution in [3.8, 4) is 0 Å². The van der Waals surface area contributed by atoms with Gasteiger partial charge in [-0.15, -0.1) is 0 Å². The Morgan fingerprint density at radius 1 is 1.20 bits per heavy atom. The van der Waals surface area contributed by atoms with Crippen molar-refractivity contribution in [1.82, 2.24) is 0 Å². The molecule has 0 fully saturated rings. The van der Waals surface area contributed by atoms with Gasteiger partial charge in [-0.25, -0.2) is 0 Å². The van der Waals surface area contributed by atoms with Crippen molar-refractivity contribution < 1.29 is 64.5 Å². The number of hydrogen-bond acceptors (Lipinski definition) is 2. The molecule has 2 nitrogen and oxygen atoms in total. The first-order valence-corrected chi connectivity index (χ1v) is 9.38. The van der Waals surface area contributed by atoms with Crippen molar-refractivity contribution in [2.45, 2.75) is 13.0 Å². The van der Waals surface area contributed by atoms with Gasteiger partial charge in [0.2, 0.25) is 0 Å². The minimum atomic E-state index is -1.75. The Balaban J connectivity index is -0.000000480. The maximum atomic E-state index is 5.45. The van der Waals surface area contributed by atoms with E-state index < -0.39 is 6.43 Å². The first-order chi connectivity index (χ1) is 5.70. The minimum Gasteiger partial charge on any atom is -1.00 e. The van der Waals surface area contributed by atoms with Crippen LogP contribution < -0.4 is 37.2 Å². The summed E-state index contributed by atoms with van der Waals surface area (Å²) >= 11 is -0.174. The molecule has 0 saturated heterocycles. The van der Waals surface area contributed by atoms with Crippen LogP contribution in [0.4, 0.5) is 0 Å². The molecule has 87 valence electrons. The van der Waals surface area contributed by atoms with Gasteiger partial charge in [0.15, 0.2) is 0 Å². The minimum absolute atomic E-state index is 0. The monoisotopic (exact) mass is 323 g/mol. The van der Waals surface area contributed by atoms with Crippen molar-refractivity contribution >= 4 is 6.43 Å². The average Bonchev–Trinajstić information content (AvgIpc) is 2.57. The van der Waals surface area contributed by atoms with Gasteiger partial charge in [-0.05, 0) is 0 Å². The second-order valence-corrected chi connectivity index (χ2v) is 12.2. The molecule has 0 aromatic rings. The molecule has 0 unspecified atom stereocenters. The molecular weight excluding hydrogens is 310 g/mol. The Morgan fingerprint density at radius 2 is 1.73 bits per heavy atom. The van der Waals surface area contributed by atoms with Crippen molar-refractivity contribution in [1.29, 1.82) is 0 Å². The van der Waals surface area contributed by atoms with Crippen LogP contribution in [0.1, 0.15) is 6.42 Å². The van der Waals surface area contributed by atoms with Gasteiger partial charge >= 0.3 is 83.0 Å². The van der Waals surface area contributed by atoms with Crippen molar-refractivity contribution in [2.24, 2.45) is 0 Å². The van der Waals surface area contributed by atoms with Crippen LogP contribution in [0.25, 0.3) is 0 Å². The Hall–Kier alpha value is 1.20. The third kappa shape index (κ3) is 7.19. The summed E-state index contributed by atoms with van der Waals surface area (Å²) in [6, 6.07) is 0. The zero-order chi connectivity index (χ0) is 9.03. The second kappa shape index (κ2) is 10.4. The largest absolute Gasteiger partial charge is 1.00 e. The van der Waals surface area contributed by atoms with E-state index in [0.717, 1.165) is 6.42 Å². The summed E-state index contributed by atoms with van der Waals surface area (Å²) in [5.74, 6) is 0. The number of hydrogen-bond donors (Lipinski definition) is 0. The summed E-state index contributed by atoms with van der Waals surface area (Å²) in [5.41, 5.74) is 0. The van der Waals surface area contributed by atoms with Gasteiger partial charge in [0.25, 0.3) is 0 Å². The number of allylic oxidation sites excluding steroid dienone is 4. The maximum Gasteiger partial charge on any atom is -1.00 e. The first-order valence-electron chi connectivity index (χ1n) is 3.94. The molecule has 0 amide bonds. The zero-order valence-corrected chi connectivity index (χ0v) is 13.7. The quantitative estimate of drug-likeness (QED) is 0.479. The molecular formula is C8H14Cl3O2SiTi. The number of halogens is 3. The van der Waals surface area contributed by atoms with Crippen LogP contribution in [0, 0.1) is 0 Å². The molecule has 0 aromatic heterocycles. The van der Waals surface area contributed by atoms with Crippen LogP contribution >= 0.6 is 0 Å². The molecule has 0 atom stereocenters. The molecule has 1 rings (SSSR count). The molecule has 7 heteroatoms. The molecule has 0 aromatic carbocycles. The van der Waals surface area contributed by atoms with E-state index in [1.54, 1.807) is 18.1 Å². The summed E-state index contributed by atoms with van der Waals surface area (Å²) in [7, 11) is 3.53. The second-order valence-electron chi connectivity index (χ2n) is 2.80. The summed E-state index contributed by atoms with van der Waals surface area (Å²) in [6.45, 7) is 2.14. The Bertz CT molecular complexity index is 220. The van der Waals surface area contributed by atoms with Crippen molar-refractivity contribution in [2.75, 3.05) is 14.2 Å². The van der Waals surface area contributed by atoms with E-state index in [2.05, 4.69) is 24.8 Å². The van der Waals surface area contributed by atoms with E-state index in [1.807, 2.05) is 0 Å². The molecule has 1 aliphatic rings. The SMILES string of the molecule is CO[Si](C)(OC)[Ti+3][C]1=CC=CC1.[Cl-].[Cl-].[Cl-]. The Morgan fingerprint density at radius 3 is 2.07 bits per heavy atom. The molecule has 0 saturated carbocycles. The van der Waals surface area contributed by atoms with Crippen LogP contribution in [0.5, 0.6) is 0 Å². The van der Waals surface area contributed by atoms with Gasteiger partial charge < -0.3 is 37.2 Å². The van der Waals surface area contributed by atoms with Crippen molar-refractivity contribution in [3.05, 3.63) is 22.1 Å². The molecule has 0 N–H and O–H groups in total. The normalized spacial score (nSPS) is 12.9. The topological polar surface area (TPSA) is 18.5 Å². The summed E-state index contributed by atoms with van der Waals surface area (Å²) in [5, 5.41) is 0. The van der Waals surface area contributed by atoms with Gasteiger partial charge in [-0.2, -0.15) is 0 Å². The fourth-order valence-corrected chi connectivity index (χ4v) is 7.05. The fourth-order valence-electron chi connectivity index (χ4n) is 1.02. The van der Waals surface area contributed by atoms with Gasteiger partial charge in [0, 0.05) is 0 Å².